The van der Waals surface area contributed by atoms with Crippen LogP contribution >= 0.6 is 11.6 Å². The number of benzene rings is 2. The van der Waals surface area contributed by atoms with E-state index in [4.69, 9.17) is 16.3 Å². The van der Waals surface area contributed by atoms with Gasteiger partial charge in [-0.1, -0.05) is 11.6 Å². The number of ether oxygens (including phenoxy) is 1. The molecule has 0 fully saturated rings. The summed E-state index contributed by atoms with van der Waals surface area (Å²) in [6.45, 7) is 0. The Morgan fingerprint density at radius 3 is 2.31 bits per heavy atom. The summed E-state index contributed by atoms with van der Waals surface area (Å²) in [5.74, 6) is 0.890. The van der Waals surface area contributed by atoms with Crippen molar-refractivity contribution < 1.29 is 22.7 Å². The molecule has 29 heavy (non-hydrogen) atoms. The number of aromatic nitrogens is 1. The molecule has 1 heterocycles. The van der Waals surface area contributed by atoms with Crippen LogP contribution in [0.25, 0.3) is 0 Å². The third kappa shape index (κ3) is 5.96. The number of anilines is 1. The maximum Gasteiger partial charge on any atom is 0.416 e. The van der Waals surface area contributed by atoms with Gasteiger partial charge in [0.15, 0.2) is 0 Å². The number of carbonyl (C=O) groups is 1. The molecule has 0 aliphatic carbocycles. The summed E-state index contributed by atoms with van der Waals surface area (Å²) < 4.78 is 44.1. The topological polar surface area (TPSA) is 51.2 Å². The molecule has 0 saturated carbocycles. The van der Waals surface area contributed by atoms with Crippen LogP contribution < -0.4 is 10.1 Å². The lowest BCUT2D eigenvalue weighted by Crippen LogP contribution is -2.13. The number of amides is 1. The molecule has 0 radical (unpaired) electrons. The lowest BCUT2D eigenvalue weighted by molar-refractivity contribution is -0.137. The lowest BCUT2D eigenvalue weighted by atomic mass is 10.1. The monoisotopic (exact) mass is 420 g/mol. The average molecular weight is 421 g/mol. The highest BCUT2D eigenvalue weighted by atomic mass is 35.5. The molecule has 0 spiro atoms. The molecule has 4 nitrogen and oxygen atoms in total. The van der Waals surface area contributed by atoms with Gasteiger partial charge in [0.05, 0.1) is 5.56 Å². The number of halogens is 4. The van der Waals surface area contributed by atoms with E-state index in [0.29, 0.717) is 17.2 Å². The first-order valence-corrected chi connectivity index (χ1v) is 9.02. The van der Waals surface area contributed by atoms with Crippen molar-refractivity contribution in [2.24, 2.45) is 0 Å². The molecule has 1 N–H and O–H groups in total. The summed E-state index contributed by atoms with van der Waals surface area (Å²) in [5.41, 5.74) is 0.0343. The molecule has 0 unspecified atom stereocenters. The number of hydrogen-bond donors (Lipinski definition) is 1. The molecule has 150 valence electrons. The van der Waals surface area contributed by atoms with E-state index >= 15 is 0 Å². The Bertz CT molecular complexity index is 977. The zero-order chi connectivity index (χ0) is 20.9. The summed E-state index contributed by atoms with van der Waals surface area (Å²) in [7, 11) is 0. The first-order chi connectivity index (χ1) is 13.8. The van der Waals surface area contributed by atoms with Gasteiger partial charge in [0, 0.05) is 29.5 Å². The number of hydrogen-bond acceptors (Lipinski definition) is 3. The fourth-order valence-electron chi connectivity index (χ4n) is 2.56. The Balaban J connectivity index is 1.56. The van der Waals surface area contributed by atoms with E-state index in [1.54, 1.807) is 48.8 Å². The van der Waals surface area contributed by atoms with Crippen LogP contribution in [0.3, 0.4) is 0 Å². The van der Waals surface area contributed by atoms with Gasteiger partial charge < -0.3 is 10.1 Å². The van der Waals surface area contributed by atoms with Crippen LogP contribution in [0.2, 0.25) is 5.02 Å². The van der Waals surface area contributed by atoms with Gasteiger partial charge in [0.2, 0.25) is 5.91 Å². The summed E-state index contributed by atoms with van der Waals surface area (Å²) in [5, 5.41) is 2.90. The molecule has 0 bridgehead atoms. The van der Waals surface area contributed by atoms with Crippen molar-refractivity contribution in [2.45, 2.75) is 19.0 Å². The van der Waals surface area contributed by atoms with Gasteiger partial charge in [-0.05, 0) is 66.6 Å². The highest BCUT2D eigenvalue weighted by molar-refractivity contribution is 6.31. The Morgan fingerprint density at radius 1 is 1.00 bits per heavy atom. The Labute approximate surface area is 170 Å². The van der Waals surface area contributed by atoms with Crippen LogP contribution in [-0.2, 0) is 17.4 Å². The highest BCUT2D eigenvalue weighted by Gasteiger charge is 2.30. The number of alkyl halides is 3. The van der Waals surface area contributed by atoms with Gasteiger partial charge in [-0.15, -0.1) is 0 Å². The van der Waals surface area contributed by atoms with E-state index in [1.807, 2.05) is 0 Å². The molecule has 3 aromatic rings. The van der Waals surface area contributed by atoms with Crippen LogP contribution in [0, 0.1) is 0 Å². The average Bonchev–Trinajstić information content (AvgIpc) is 2.69. The number of nitrogens with one attached hydrogen (secondary N) is 1. The Morgan fingerprint density at radius 2 is 1.66 bits per heavy atom. The smallest absolute Gasteiger partial charge is 0.416 e. The quantitative estimate of drug-likeness (QED) is 0.523. The van der Waals surface area contributed by atoms with Gasteiger partial charge in [-0.25, -0.2) is 0 Å². The molecule has 0 atom stereocenters. The van der Waals surface area contributed by atoms with Crippen LogP contribution in [0.1, 0.15) is 17.5 Å². The summed E-state index contributed by atoms with van der Waals surface area (Å²) in [6.07, 6.45) is -1.14. The molecular formula is C21H16ClF3N2O2. The normalized spacial score (nSPS) is 11.2. The molecule has 2 aromatic carbocycles. The third-order valence-corrected chi connectivity index (χ3v) is 4.39. The number of aryl methyl sites for hydroxylation is 1. The van der Waals surface area contributed by atoms with Gasteiger partial charge >= 0.3 is 6.18 Å². The van der Waals surface area contributed by atoms with Crippen LogP contribution in [0.5, 0.6) is 11.5 Å². The van der Waals surface area contributed by atoms with E-state index in [1.165, 1.54) is 6.07 Å². The standard InChI is InChI=1S/C21H16ClF3N2O2/c22-19-7-2-15(21(23,24)25)13-14(19)1-8-20(28)27-16-3-5-17(6-4-16)29-18-9-11-26-12-10-18/h2-7,9-13H,1,8H2,(H,27,28). The zero-order valence-electron chi connectivity index (χ0n) is 15.0. The predicted molar refractivity (Wildman–Crippen MR) is 104 cm³/mol. The highest BCUT2D eigenvalue weighted by Crippen LogP contribution is 2.32. The fourth-order valence-corrected chi connectivity index (χ4v) is 2.78. The van der Waals surface area contributed by atoms with Crippen LogP contribution in [-0.4, -0.2) is 10.9 Å². The molecular weight excluding hydrogens is 405 g/mol. The van der Waals surface area contributed by atoms with E-state index in [-0.39, 0.29) is 29.3 Å². The van der Waals surface area contributed by atoms with E-state index < -0.39 is 11.7 Å². The first-order valence-electron chi connectivity index (χ1n) is 8.65. The van der Waals surface area contributed by atoms with Crippen LogP contribution in [0.15, 0.2) is 67.0 Å². The number of nitrogens with zero attached hydrogens (tertiary/aromatic N) is 1. The fraction of sp³-hybridized carbons (Fsp3) is 0.143. The Hall–Kier alpha value is -3.06. The first kappa shape index (κ1) is 20.7. The number of carbonyl (C=O) groups excluding carboxylic acids is 1. The molecule has 1 aromatic heterocycles. The molecule has 3 rings (SSSR count). The predicted octanol–water partition coefficient (Wildman–Crippen LogP) is 6.12. The molecule has 0 aliphatic rings. The van der Waals surface area contributed by atoms with Crippen molar-refractivity contribution in [1.29, 1.82) is 0 Å². The number of pyridine rings is 1. The third-order valence-electron chi connectivity index (χ3n) is 4.02. The van der Waals surface area contributed by atoms with Gasteiger partial charge in [0.1, 0.15) is 11.5 Å². The van der Waals surface area contributed by atoms with Gasteiger partial charge in [-0.2, -0.15) is 13.2 Å². The zero-order valence-corrected chi connectivity index (χ0v) is 15.8. The minimum atomic E-state index is -4.46. The Kier molecular flexibility index (Phi) is 6.39. The van der Waals surface area contributed by atoms with E-state index in [2.05, 4.69) is 10.3 Å². The summed E-state index contributed by atoms with van der Waals surface area (Å²) in [4.78, 5) is 16.0. The maximum absolute atomic E-state index is 12.8. The number of rotatable bonds is 6. The van der Waals surface area contributed by atoms with Crippen molar-refractivity contribution in [3.05, 3.63) is 83.1 Å². The molecule has 0 aliphatic heterocycles. The van der Waals surface area contributed by atoms with E-state index in [9.17, 15) is 18.0 Å². The second-order valence-electron chi connectivity index (χ2n) is 6.16. The van der Waals surface area contributed by atoms with Crippen molar-refractivity contribution in [3.8, 4) is 11.5 Å². The van der Waals surface area contributed by atoms with Crippen molar-refractivity contribution >= 4 is 23.2 Å². The minimum absolute atomic E-state index is 0.00367. The lowest BCUT2D eigenvalue weighted by Gasteiger charge is -2.11. The van der Waals surface area contributed by atoms with Crippen molar-refractivity contribution in [2.75, 3.05) is 5.32 Å². The van der Waals surface area contributed by atoms with Gasteiger partial charge in [0.25, 0.3) is 0 Å². The molecule has 8 heteroatoms. The summed E-state index contributed by atoms with van der Waals surface area (Å²) in [6, 6.07) is 13.3. The SMILES string of the molecule is O=C(CCc1cc(C(F)(F)F)ccc1Cl)Nc1ccc(Oc2ccncc2)cc1. The molecule has 0 saturated heterocycles. The largest absolute Gasteiger partial charge is 0.457 e. The minimum Gasteiger partial charge on any atom is -0.457 e. The van der Waals surface area contributed by atoms with Crippen molar-refractivity contribution in [1.82, 2.24) is 4.98 Å². The maximum atomic E-state index is 12.8. The second kappa shape index (κ2) is 8.96. The van der Waals surface area contributed by atoms with Crippen LogP contribution in [0.4, 0.5) is 18.9 Å². The van der Waals surface area contributed by atoms with E-state index in [0.717, 1.165) is 12.1 Å². The second-order valence-corrected chi connectivity index (χ2v) is 6.57. The summed E-state index contributed by atoms with van der Waals surface area (Å²) >= 11 is 5.96. The van der Waals surface area contributed by atoms with Crippen molar-refractivity contribution in [3.63, 3.8) is 0 Å². The molecule has 1 amide bonds. The van der Waals surface area contributed by atoms with Gasteiger partial charge in [-0.3, -0.25) is 9.78 Å².